The van der Waals surface area contributed by atoms with Gasteiger partial charge in [-0.1, -0.05) is 158 Å². The smallest absolute Gasteiger partial charge is 0.264 e. The first-order valence-electron chi connectivity index (χ1n) is 28.3. The van der Waals surface area contributed by atoms with Gasteiger partial charge < -0.3 is 14.7 Å². The molecular formula is C64H70BN3S. The maximum absolute atomic E-state index is 10.1. The van der Waals surface area contributed by atoms with Crippen LogP contribution in [0.5, 0.6) is 0 Å². The molecule has 0 bridgehead atoms. The summed E-state index contributed by atoms with van der Waals surface area (Å²) >= 11 is 1.49. The Kier molecular flexibility index (Phi) is 9.62. The number of aryl methyl sites for hydroxylation is 1. The highest BCUT2D eigenvalue weighted by Crippen LogP contribution is 2.50. The number of thiophene rings is 1. The number of anilines is 9. The second-order valence-corrected chi connectivity index (χ2v) is 23.9. The van der Waals surface area contributed by atoms with E-state index in [9.17, 15) is 9.60 Å². The second kappa shape index (κ2) is 17.1. The molecule has 1 aromatic heterocycles. The summed E-state index contributed by atoms with van der Waals surface area (Å²) in [5.41, 5.74) is 12.9. The van der Waals surface area contributed by atoms with E-state index in [-0.39, 0.29) is 65.2 Å². The maximum Gasteiger partial charge on any atom is 0.264 e. The van der Waals surface area contributed by atoms with Crippen LogP contribution in [0.3, 0.4) is 0 Å². The van der Waals surface area contributed by atoms with Crippen molar-refractivity contribution < 1.29 is 9.60 Å². The molecule has 0 unspecified atom stereocenters. The van der Waals surface area contributed by atoms with Crippen molar-refractivity contribution >= 4 is 95.0 Å². The van der Waals surface area contributed by atoms with E-state index < -0.39 is 17.5 Å². The maximum atomic E-state index is 10.1. The summed E-state index contributed by atoms with van der Waals surface area (Å²) in [4.78, 5) is 6.57. The van der Waals surface area contributed by atoms with Gasteiger partial charge in [0.15, 0.2) is 0 Å². The van der Waals surface area contributed by atoms with Gasteiger partial charge in [0.05, 0.1) is 15.3 Å². The van der Waals surface area contributed by atoms with Crippen molar-refractivity contribution in [3.8, 4) is 0 Å². The first kappa shape index (κ1) is 38.8. The number of benzene rings is 7. The minimum atomic E-state index is -0.674. The zero-order valence-corrected chi connectivity index (χ0v) is 43.8. The van der Waals surface area contributed by atoms with Gasteiger partial charge in [0.1, 0.15) is 0 Å². The molecule has 7 aromatic carbocycles. The van der Waals surface area contributed by atoms with Gasteiger partial charge in [-0.2, -0.15) is 0 Å². The monoisotopic (exact) mass is 931 g/mol. The van der Waals surface area contributed by atoms with Crippen LogP contribution >= 0.6 is 11.3 Å². The Morgan fingerprint density at radius 3 is 1.67 bits per heavy atom. The Morgan fingerprint density at radius 2 is 1.12 bits per heavy atom. The van der Waals surface area contributed by atoms with Crippen molar-refractivity contribution in [3.63, 3.8) is 0 Å². The normalized spacial score (nSPS) is 15.0. The Bertz CT molecular complexity index is 3570. The van der Waals surface area contributed by atoms with Gasteiger partial charge in [0, 0.05) is 60.4 Å². The fourth-order valence-electron chi connectivity index (χ4n) is 9.95. The second-order valence-electron chi connectivity index (χ2n) is 22.9. The highest BCUT2D eigenvalue weighted by atomic mass is 32.1. The topological polar surface area (TPSA) is 9.72 Å². The summed E-state index contributed by atoms with van der Waals surface area (Å²) in [6.07, 6.45) is 0.653. The molecule has 0 amide bonds. The van der Waals surface area contributed by atoms with Crippen LogP contribution in [0, 0.1) is 0 Å². The first-order valence-corrected chi connectivity index (χ1v) is 25.7. The van der Waals surface area contributed by atoms with Crippen LogP contribution in [0.4, 0.5) is 51.2 Å². The summed E-state index contributed by atoms with van der Waals surface area (Å²) < 4.78 is 70.3. The molecule has 3 nitrogen and oxygen atoms in total. The molecule has 0 N–H and O–H groups in total. The van der Waals surface area contributed by atoms with Crippen LogP contribution in [0.2, 0.25) is 0 Å². The van der Waals surface area contributed by atoms with E-state index in [0.29, 0.717) is 33.3 Å². The molecule has 0 aliphatic carbocycles. The standard InChI is InChI=1S/C64H70BN3S/c1-15-42-34-56-59-57(35-42)68(49-29-24-46(25-30-49)63(9,10)11)60-53-38-47(64(12,13)14)26-33-58(53)69-61(60)65(59)54-32-31-52(39-55(54)67(56)48-27-22-45(23-28-48)62(6,7)8)66(50-20-16-18-43(36-50)40(2)3)51-21-17-19-44(37-51)41(4)5/h16-41H,15H2,1-14H3/i22D,23D,26D,27D,28D,33D,38D. The predicted octanol–water partition coefficient (Wildman–Crippen LogP) is 17.2. The molecule has 0 fully saturated rings. The molecule has 8 aromatic rings. The van der Waals surface area contributed by atoms with Gasteiger partial charge in [0.25, 0.3) is 6.71 Å². The van der Waals surface area contributed by atoms with Crippen LogP contribution in [-0.4, -0.2) is 6.71 Å². The average Bonchev–Trinajstić information content (AvgIpc) is 3.77. The molecule has 0 radical (unpaired) electrons. The van der Waals surface area contributed by atoms with E-state index in [0.717, 1.165) is 61.1 Å². The van der Waals surface area contributed by atoms with E-state index in [4.69, 9.17) is 0 Å². The number of fused-ring (bicyclic) bond motifs is 6. The molecule has 0 spiro atoms. The van der Waals surface area contributed by atoms with E-state index in [1.807, 2.05) is 46.4 Å². The molecule has 0 saturated heterocycles. The lowest BCUT2D eigenvalue weighted by molar-refractivity contribution is 0.590. The lowest BCUT2D eigenvalue weighted by Gasteiger charge is -2.44. The fourth-order valence-corrected chi connectivity index (χ4v) is 11.2. The zero-order chi connectivity index (χ0) is 55.0. The van der Waals surface area contributed by atoms with Gasteiger partial charge in [-0.15, -0.1) is 11.3 Å². The molecule has 0 saturated carbocycles. The van der Waals surface area contributed by atoms with E-state index in [1.165, 1.54) is 28.0 Å². The van der Waals surface area contributed by atoms with E-state index in [1.54, 1.807) is 0 Å². The number of hydrogen-bond acceptors (Lipinski definition) is 4. The Morgan fingerprint density at radius 1 is 0.565 bits per heavy atom. The fraction of sp³-hybridized carbons (Fsp3) is 0.312. The van der Waals surface area contributed by atoms with Gasteiger partial charge in [0.2, 0.25) is 0 Å². The van der Waals surface area contributed by atoms with E-state index in [2.05, 4.69) is 168 Å². The van der Waals surface area contributed by atoms with Crippen LogP contribution in [-0.2, 0) is 22.7 Å². The summed E-state index contributed by atoms with van der Waals surface area (Å²) in [5.74, 6) is 0.552. The molecule has 2 aliphatic heterocycles. The minimum absolute atomic E-state index is 0.0689. The van der Waals surface area contributed by atoms with Crippen molar-refractivity contribution in [2.75, 3.05) is 14.7 Å². The minimum Gasteiger partial charge on any atom is -0.311 e. The zero-order valence-electron chi connectivity index (χ0n) is 50.0. The van der Waals surface area contributed by atoms with E-state index >= 15 is 0 Å². The van der Waals surface area contributed by atoms with Crippen molar-refractivity contribution in [2.24, 2.45) is 0 Å². The number of hydrogen-bond donors (Lipinski definition) is 0. The molecular weight excluding hydrogens is 854 g/mol. The van der Waals surface area contributed by atoms with Crippen LogP contribution in [0.15, 0.2) is 145 Å². The third-order valence-corrected chi connectivity index (χ3v) is 15.2. The summed E-state index contributed by atoms with van der Waals surface area (Å²) in [7, 11) is 0. The predicted molar refractivity (Wildman–Crippen MR) is 304 cm³/mol. The number of nitrogens with zero attached hydrogens (tertiary/aromatic N) is 3. The van der Waals surface area contributed by atoms with Gasteiger partial charge >= 0.3 is 0 Å². The molecule has 2 aliphatic rings. The summed E-state index contributed by atoms with van der Waals surface area (Å²) in [5, 5.41) is 0.652. The van der Waals surface area contributed by atoms with Crippen molar-refractivity contribution in [1.82, 2.24) is 0 Å². The quantitative estimate of drug-likeness (QED) is 0.141. The van der Waals surface area contributed by atoms with Crippen molar-refractivity contribution in [1.29, 1.82) is 0 Å². The highest BCUT2D eigenvalue weighted by Gasteiger charge is 2.46. The van der Waals surface area contributed by atoms with Gasteiger partial charge in [-0.3, -0.25) is 0 Å². The SMILES string of the molecule is [2H]c1c([2H])c(C(C)(C)C)c([2H])c([2H])c1N1c2cc(N(c3cccc(C(C)C)c3)c3cccc(C(C)C)c3)ccc2B2c3sc4c([2H])c([2H])c(C(C)(C)C)c([2H])c4c3N(c3ccc(C(C)(C)C)cc3)c3cc(CC)cc1c32. The third-order valence-electron chi connectivity index (χ3n) is 14.1. The van der Waals surface area contributed by atoms with Gasteiger partial charge in [-0.05, 0) is 164 Å². The van der Waals surface area contributed by atoms with Gasteiger partial charge in [-0.25, -0.2) is 0 Å². The third kappa shape index (κ3) is 8.29. The summed E-state index contributed by atoms with van der Waals surface area (Å²) in [6.45, 7) is 29.0. The molecule has 3 heterocycles. The van der Waals surface area contributed by atoms with Crippen molar-refractivity contribution in [2.45, 2.75) is 131 Å². The van der Waals surface area contributed by atoms with Crippen LogP contribution < -0.4 is 30.4 Å². The average molecular weight is 931 g/mol. The first-order chi connectivity index (χ1) is 35.6. The lowest BCUT2D eigenvalue weighted by atomic mass is 9.36. The summed E-state index contributed by atoms with van der Waals surface area (Å²) in [6, 6.07) is 37.0. The molecule has 10 rings (SSSR count). The van der Waals surface area contributed by atoms with Crippen LogP contribution in [0.1, 0.15) is 152 Å². The van der Waals surface area contributed by atoms with Crippen molar-refractivity contribution in [3.05, 3.63) is 179 Å². The Hall–Kier alpha value is -6.04. The number of rotatable bonds is 8. The largest absolute Gasteiger partial charge is 0.311 e. The molecule has 69 heavy (non-hydrogen) atoms. The molecule has 0 atom stereocenters. The Balaban J connectivity index is 1.38. The molecule has 350 valence electrons. The highest BCUT2D eigenvalue weighted by molar-refractivity contribution is 7.33. The lowest BCUT2D eigenvalue weighted by Crippen LogP contribution is -2.60. The molecule has 5 heteroatoms. The van der Waals surface area contributed by atoms with Crippen LogP contribution in [0.25, 0.3) is 10.1 Å². The Labute approximate surface area is 427 Å².